The van der Waals surface area contributed by atoms with Crippen molar-refractivity contribution in [2.24, 2.45) is 10.9 Å². The van der Waals surface area contributed by atoms with E-state index in [2.05, 4.69) is 10.3 Å². The van der Waals surface area contributed by atoms with E-state index in [4.69, 9.17) is 9.47 Å². The minimum absolute atomic E-state index is 0.318. The lowest BCUT2D eigenvalue weighted by Gasteiger charge is -2.08. The van der Waals surface area contributed by atoms with Gasteiger partial charge in [-0.05, 0) is 30.9 Å². The van der Waals surface area contributed by atoms with Gasteiger partial charge in [-0.2, -0.15) is 0 Å². The third-order valence-electron chi connectivity index (χ3n) is 3.45. The molecule has 3 aliphatic rings. The Labute approximate surface area is 110 Å². The van der Waals surface area contributed by atoms with Gasteiger partial charge in [0.15, 0.2) is 16.7 Å². The van der Waals surface area contributed by atoms with E-state index < -0.39 is 0 Å². The predicted octanol–water partition coefficient (Wildman–Crippen LogP) is 2.71. The van der Waals surface area contributed by atoms with Gasteiger partial charge in [-0.1, -0.05) is 11.8 Å². The Kier molecular flexibility index (Phi) is 2.40. The Hall–Kier alpha value is -1.36. The first-order valence-electron chi connectivity index (χ1n) is 6.26. The van der Waals surface area contributed by atoms with Crippen LogP contribution in [-0.4, -0.2) is 23.8 Å². The molecule has 4 nitrogen and oxygen atoms in total. The van der Waals surface area contributed by atoms with E-state index in [-0.39, 0.29) is 0 Å². The van der Waals surface area contributed by atoms with Gasteiger partial charge in [0.1, 0.15) is 0 Å². The van der Waals surface area contributed by atoms with Crippen molar-refractivity contribution in [1.82, 2.24) is 0 Å². The molecule has 0 aromatic heterocycles. The topological polar surface area (TPSA) is 42.9 Å². The van der Waals surface area contributed by atoms with Crippen LogP contribution in [0.2, 0.25) is 0 Å². The highest BCUT2D eigenvalue weighted by molar-refractivity contribution is 8.15. The van der Waals surface area contributed by atoms with Crippen LogP contribution in [-0.2, 0) is 0 Å². The molecule has 0 radical (unpaired) electrons. The Morgan fingerprint density at radius 3 is 3.00 bits per heavy atom. The number of nitrogens with one attached hydrogen (secondary N) is 1. The number of aliphatic imine (C=N–C) groups is 1. The highest BCUT2D eigenvalue weighted by atomic mass is 32.2. The number of hydrogen-bond acceptors (Lipinski definition) is 5. The van der Waals surface area contributed by atoms with Crippen molar-refractivity contribution in [2.75, 3.05) is 18.7 Å². The van der Waals surface area contributed by atoms with Crippen molar-refractivity contribution < 1.29 is 9.47 Å². The number of thioether (sulfide) groups is 1. The van der Waals surface area contributed by atoms with Crippen LogP contribution in [0.15, 0.2) is 23.2 Å². The molecule has 0 bridgehead atoms. The fraction of sp³-hybridized carbons (Fsp3) is 0.462. The Morgan fingerprint density at radius 1 is 1.22 bits per heavy atom. The molecule has 0 amide bonds. The zero-order chi connectivity index (χ0) is 11.9. The summed E-state index contributed by atoms with van der Waals surface area (Å²) in [6.07, 6.45) is 2.76. The van der Waals surface area contributed by atoms with Gasteiger partial charge in [0.2, 0.25) is 6.79 Å². The van der Waals surface area contributed by atoms with Gasteiger partial charge in [0.25, 0.3) is 0 Å². The highest BCUT2D eigenvalue weighted by Crippen LogP contribution is 2.42. The largest absolute Gasteiger partial charge is 0.454 e. The number of rotatable bonds is 2. The molecule has 2 heterocycles. The minimum Gasteiger partial charge on any atom is -0.454 e. The number of benzene rings is 1. The van der Waals surface area contributed by atoms with Crippen LogP contribution in [0.5, 0.6) is 11.5 Å². The van der Waals surface area contributed by atoms with E-state index in [1.807, 2.05) is 30.0 Å². The molecule has 1 saturated carbocycles. The first kappa shape index (κ1) is 10.6. The third-order valence-corrected chi connectivity index (χ3v) is 4.74. The summed E-state index contributed by atoms with van der Waals surface area (Å²) in [4.78, 5) is 4.56. The fourth-order valence-electron chi connectivity index (χ4n) is 2.27. The summed E-state index contributed by atoms with van der Waals surface area (Å²) < 4.78 is 10.7. The number of nitrogens with zero attached hydrogens (tertiary/aromatic N) is 1. The molecule has 1 fully saturated rings. The van der Waals surface area contributed by atoms with Gasteiger partial charge < -0.3 is 14.8 Å². The van der Waals surface area contributed by atoms with E-state index in [0.29, 0.717) is 12.0 Å². The van der Waals surface area contributed by atoms with Gasteiger partial charge in [0, 0.05) is 17.0 Å². The van der Waals surface area contributed by atoms with Crippen molar-refractivity contribution in [3.63, 3.8) is 0 Å². The van der Waals surface area contributed by atoms with Crippen molar-refractivity contribution in [3.05, 3.63) is 18.2 Å². The maximum absolute atomic E-state index is 5.36. The van der Waals surface area contributed by atoms with E-state index in [0.717, 1.165) is 34.8 Å². The fourth-order valence-corrected chi connectivity index (χ4v) is 3.50. The number of hydrogen-bond donors (Lipinski definition) is 1. The quantitative estimate of drug-likeness (QED) is 0.890. The Morgan fingerprint density at radius 2 is 2.11 bits per heavy atom. The monoisotopic (exact) mass is 262 g/mol. The molecular formula is C13H14N2O2S. The molecule has 0 saturated heterocycles. The number of amidine groups is 1. The summed E-state index contributed by atoms with van der Waals surface area (Å²) in [6, 6.07) is 5.90. The van der Waals surface area contributed by atoms with Crippen molar-refractivity contribution in [1.29, 1.82) is 0 Å². The number of fused-ring (bicyclic) bond motifs is 1. The summed E-state index contributed by atoms with van der Waals surface area (Å²) >= 11 is 1.88. The molecule has 5 heteroatoms. The summed E-state index contributed by atoms with van der Waals surface area (Å²) in [5.74, 6) is 2.52. The van der Waals surface area contributed by atoms with E-state index in [1.165, 1.54) is 12.8 Å². The summed E-state index contributed by atoms with van der Waals surface area (Å²) in [5.41, 5.74) is 1.02. The van der Waals surface area contributed by atoms with Crippen LogP contribution in [0, 0.1) is 5.92 Å². The summed E-state index contributed by atoms with van der Waals surface area (Å²) in [5, 5.41) is 5.09. The first-order chi connectivity index (χ1) is 8.88. The summed E-state index contributed by atoms with van der Waals surface area (Å²) in [7, 11) is 0. The van der Waals surface area contributed by atoms with E-state index in [9.17, 15) is 0 Å². The second-order valence-electron chi connectivity index (χ2n) is 4.83. The lowest BCUT2D eigenvalue weighted by Crippen LogP contribution is -2.08. The minimum atomic E-state index is 0.318. The lowest BCUT2D eigenvalue weighted by molar-refractivity contribution is 0.174. The molecule has 1 N–H and O–H groups in total. The second kappa shape index (κ2) is 4.09. The Bertz CT molecular complexity index is 514. The van der Waals surface area contributed by atoms with Gasteiger partial charge >= 0.3 is 0 Å². The molecule has 0 spiro atoms. The lowest BCUT2D eigenvalue weighted by atomic mass is 10.3. The van der Waals surface area contributed by atoms with E-state index in [1.54, 1.807) is 0 Å². The molecule has 1 aliphatic carbocycles. The standard InChI is InChI=1S/C13H14N2O2S/c1-2-8(1)12-6-14-13(18-12)15-9-3-4-10-11(5-9)17-7-16-10/h3-5,8,12H,1-2,6-7H2,(H,14,15). The van der Waals surface area contributed by atoms with Crippen molar-refractivity contribution >= 4 is 22.6 Å². The zero-order valence-corrected chi connectivity index (χ0v) is 10.7. The zero-order valence-electron chi connectivity index (χ0n) is 9.89. The Balaban J connectivity index is 1.45. The van der Waals surface area contributed by atoms with Gasteiger partial charge in [-0.15, -0.1) is 0 Å². The van der Waals surface area contributed by atoms with Crippen LogP contribution < -0.4 is 14.8 Å². The van der Waals surface area contributed by atoms with Crippen LogP contribution in [0.25, 0.3) is 0 Å². The normalized spacial score (nSPS) is 25.1. The third kappa shape index (κ3) is 1.92. The van der Waals surface area contributed by atoms with Crippen molar-refractivity contribution in [2.45, 2.75) is 18.1 Å². The molecule has 4 rings (SSSR count). The number of anilines is 1. The average Bonchev–Trinajstić information content (AvgIpc) is 2.95. The molecule has 1 aromatic rings. The average molecular weight is 262 g/mol. The number of ether oxygens (including phenoxy) is 2. The molecule has 1 atom stereocenters. The van der Waals surface area contributed by atoms with Crippen LogP contribution >= 0.6 is 11.8 Å². The van der Waals surface area contributed by atoms with Crippen LogP contribution in [0.3, 0.4) is 0 Å². The molecular weight excluding hydrogens is 248 g/mol. The maximum Gasteiger partial charge on any atom is 0.231 e. The molecule has 1 unspecified atom stereocenters. The maximum atomic E-state index is 5.36. The van der Waals surface area contributed by atoms with Crippen molar-refractivity contribution in [3.8, 4) is 11.5 Å². The molecule has 94 valence electrons. The smallest absolute Gasteiger partial charge is 0.231 e. The highest BCUT2D eigenvalue weighted by Gasteiger charge is 2.35. The van der Waals surface area contributed by atoms with Crippen LogP contribution in [0.1, 0.15) is 12.8 Å². The van der Waals surface area contributed by atoms with Gasteiger partial charge in [0.05, 0.1) is 6.54 Å². The van der Waals surface area contributed by atoms with Gasteiger partial charge in [-0.25, -0.2) is 0 Å². The SMILES string of the molecule is c1cc2c(cc1NC1=NCC(C3CC3)S1)OCO2. The summed E-state index contributed by atoms with van der Waals surface area (Å²) in [6.45, 7) is 1.28. The van der Waals surface area contributed by atoms with Crippen LogP contribution in [0.4, 0.5) is 5.69 Å². The van der Waals surface area contributed by atoms with Gasteiger partial charge in [-0.3, -0.25) is 4.99 Å². The molecule has 18 heavy (non-hydrogen) atoms. The first-order valence-corrected chi connectivity index (χ1v) is 7.14. The molecule has 1 aromatic carbocycles. The van der Waals surface area contributed by atoms with E-state index >= 15 is 0 Å². The predicted molar refractivity (Wildman–Crippen MR) is 72.6 cm³/mol. The second-order valence-corrected chi connectivity index (χ2v) is 6.06. The molecule has 2 aliphatic heterocycles.